The van der Waals surface area contributed by atoms with Crippen molar-refractivity contribution >= 4 is 19.8 Å². The number of alkyl halides is 2. The van der Waals surface area contributed by atoms with E-state index in [0.29, 0.717) is 0 Å². The molecule has 0 nitrogen and oxygen atoms in total. The minimum atomic E-state index is -0.696. The summed E-state index contributed by atoms with van der Waals surface area (Å²) in [7, 11) is 0. The average Bonchev–Trinajstić information content (AvgIpc) is 2.13. The summed E-state index contributed by atoms with van der Waals surface area (Å²) in [5.41, 5.74) is 1.50. The molecule has 0 atom stereocenters. The van der Waals surface area contributed by atoms with Crippen molar-refractivity contribution in [3.8, 4) is 0 Å². The molecule has 0 aromatic rings. The van der Waals surface area contributed by atoms with Gasteiger partial charge in [0, 0.05) is 0 Å². The molecule has 0 amide bonds. The summed E-state index contributed by atoms with van der Waals surface area (Å²) in [6, 6.07) is 0. The molecule has 64 valence electrons. The Balaban J connectivity index is 2.64. The van der Waals surface area contributed by atoms with Crippen molar-refractivity contribution in [2.24, 2.45) is 0 Å². The zero-order valence-electron chi connectivity index (χ0n) is 7.60. The first-order chi connectivity index (χ1) is 5.20. The van der Waals surface area contributed by atoms with E-state index in [4.69, 9.17) is 0 Å². The molecule has 0 fully saturated rings. The first-order valence-corrected chi connectivity index (χ1v) is 8.19. The molecule has 0 saturated carbocycles. The Kier molecular flexibility index (Phi) is 3.63. The maximum absolute atomic E-state index is 2.57. The van der Waals surface area contributed by atoms with Crippen LogP contribution in [0.1, 0.15) is 27.2 Å². The van der Waals surface area contributed by atoms with Gasteiger partial charge in [-0.05, 0) is 0 Å². The van der Waals surface area contributed by atoms with Crippen molar-refractivity contribution in [3.63, 3.8) is 0 Å². The van der Waals surface area contributed by atoms with Crippen LogP contribution in [0.3, 0.4) is 0 Å². The summed E-state index contributed by atoms with van der Waals surface area (Å²) in [6.07, 6.45) is 5.92. The van der Waals surface area contributed by atoms with Crippen LogP contribution in [-0.4, -0.2) is 8.35 Å². The standard InChI is InChI=1S/C10H17I/c1-9(2)11-7-5-4-6-10(3)8-11/h4,6,8-9H,5,7H2,1-3H3. The maximum atomic E-state index is 2.57. The van der Waals surface area contributed by atoms with Crippen LogP contribution in [0.15, 0.2) is 21.8 Å². The van der Waals surface area contributed by atoms with Crippen molar-refractivity contribution in [1.29, 1.82) is 0 Å². The molecule has 0 aromatic heterocycles. The summed E-state index contributed by atoms with van der Waals surface area (Å²) < 4.78 is 5.00. The van der Waals surface area contributed by atoms with Gasteiger partial charge < -0.3 is 0 Å². The number of allylic oxidation sites excluding steroid dienone is 3. The average molecular weight is 264 g/mol. The van der Waals surface area contributed by atoms with E-state index >= 15 is 0 Å². The van der Waals surface area contributed by atoms with Crippen molar-refractivity contribution in [3.05, 3.63) is 21.8 Å². The van der Waals surface area contributed by atoms with Crippen LogP contribution in [0.5, 0.6) is 0 Å². The summed E-state index contributed by atoms with van der Waals surface area (Å²) >= 11 is -0.696. The summed E-state index contributed by atoms with van der Waals surface area (Å²) in [5.74, 6) is 0. The molecule has 11 heavy (non-hydrogen) atoms. The molecule has 1 aliphatic rings. The molecule has 0 radical (unpaired) electrons. The van der Waals surface area contributed by atoms with Gasteiger partial charge in [0.05, 0.1) is 0 Å². The second kappa shape index (κ2) is 4.29. The molecule has 1 heteroatoms. The molecule has 0 unspecified atom stereocenters. The van der Waals surface area contributed by atoms with Crippen LogP contribution in [-0.2, 0) is 0 Å². The van der Waals surface area contributed by atoms with Gasteiger partial charge in [0.15, 0.2) is 0 Å². The van der Waals surface area contributed by atoms with Crippen molar-refractivity contribution in [2.45, 2.75) is 31.1 Å². The molecule has 1 heterocycles. The second-order valence-electron chi connectivity index (χ2n) is 3.18. The normalized spacial score (nSPS) is 21.8. The summed E-state index contributed by atoms with van der Waals surface area (Å²) in [6.45, 7) is 6.98. The number of rotatable bonds is 1. The van der Waals surface area contributed by atoms with Gasteiger partial charge in [0.25, 0.3) is 0 Å². The third-order valence-corrected chi connectivity index (χ3v) is 8.60. The van der Waals surface area contributed by atoms with Crippen LogP contribution >= 0.6 is 19.8 Å². The fourth-order valence-electron chi connectivity index (χ4n) is 1.11. The van der Waals surface area contributed by atoms with Gasteiger partial charge >= 0.3 is 77.2 Å². The predicted octanol–water partition coefficient (Wildman–Crippen LogP) is 3.76. The molecule has 1 aliphatic heterocycles. The van der Waals surface area contributed by atoms with E-state index < -0.39 is 19.8 Å². The number of hydrogen-bond donors (Lipinski definition) is 0. The van der Waals surface area contributed by atoms with Crippen LogP contribution in [0, 0.1) is 0 Å². The van der Waals surface area contributed by atoms with E-state index in [1.807, 2.05) is 0 Å². The van der Waals surface area contributed by atoms with Crippen LogP contribution in [0.25, 0.3) is 0 Å². The number of hydrogen-bond acceptors (Lipinski definition) is 0. The van der Waals surface area contributed by atoms with Gasteiger partial charge in [-0.3, -0.25) is 0 Å². The molecular formula is C10H17I. The van der Waals surface area contributed by atoms with E-state index in [-0.39, 0.29) is 0 Å². The minimum absolute atomic E-state index is 0.696. The van der Waals surface area contributed by atoms with Gasteiger partial charge in [-0.2, -0.15) is 0 Å². The van der Waals surface area contributed by atoms with Gasteiger partial charge in [-0.1, -0.05) is 0 Å². The third kappa shape index (κ3) is 2.97. The number of halogens is 1. The fourth-order valence-corrected chi connectivity index (χ4v) is 5.94. The molecular weight excluding hydrogens is 247 g/mol. The van der Waals surface area contributed by atoms with E-state index in [0.717, 1.165) is 3.92 Å². The Morgan fingerprint density at radius 3 is 2.82 bits per heavy atom. The Hall–Kier alpha value is 0.210. The van der Waals surface area contributed by atoms with E-state index in [1.165, 1.54) is 16.4 Å². The molecule has 0 aliphatic carbocycles. The first kappa shape index (κ1) is 9.30. The predicted molar refractivity (Wildman–Crippen MR) is 61.5 cm³/mol. The monoisotopic (exact) mass is 264 g/mol. The molecule has 0 spiro atoms. The van der Waals surface area contributed by atoms with E-state index in [1.54, 1.807) is 0 Å². The Morgan fingerprint density at radius 2 is 2.18 bits per heavy atom. The van der Waals surface area contributed by atoms with Crippen LogP contribution in [0.2, 0.25) is 0 Å². The Morgan fingerprint density at radius 1 is 1.45 bits per heavy atom. The summed E-state index contributed by atoms with van der Waals surface area (Å²) in [4.78, 5) is 0. The zero-order chi connectivity index (χ0) is 8.27. The molecule has 1 rings (SSSR count). The Labute approximate surface area is 77.1 Å². The quantitative estimate of drug-likeness (QED) is 0.499. The molecule has 0 N–H and O–H groups in total. The van der Waals surface area contributed by atoms with E-state index in [9.17, 15) is 0 Å². The summed E-state index contributed by atoms with van der Waals surface area (Å²) in [5, 5.41) is 0. The third-order valence-electron chi connectivity index (χ3n) is 1.75. The zero-order valence-corrected chi connectivity index (χ0v) is 9.76. The van der Waals surface area contributed by atoms with Crippen molar-refractivity contribution < 1.29 is 0 Å². The SMILES string of the molecule is CC1=CI(C(C)C)CCC=C1. The van der Waals surface area contributed by atoms with Crippen molar-refractivity contribution in [2.75, 3.05) is 4.43 Å². The van der Waals surface area contributed by atoms with Crippen LogP contribution in [0.4, 0.5) is 0 Å². The van der Waals surface area contributed by atoms with Gasteiger partial charge in [0.2, 0.25) is 0 Å². The van der Waals surface area contributed by atoms with Gasteiger partial charge in [-0.25, -0.2) is 0 Å². The Bertz CT molecular complexity index is 177. The van der Waals surface area contributed by atoms with Gasteiger partial charge in [-0.15, -0.1) is 0 Å². The van der Waals surface area contributed by atoms with Gasteiger partial charge in [0.1, 0.15) is 0 Å². The molecule has 0 bridgehead atoms. The molecule has 0 saturated heterocycles. The molecule has 0 aromatic carbocycles. The fraction of sp³-hybridized carbons (Fsp3) is 0.600. The van der Waals surface area contributed by atoms with E-state index in [2.05, 4.69) is 37.0 Å². The van der Waals surface area contributed by atoms with Crippen LogP contribution < -0.4 is 0 Å². The van der Waals surface area contributed by atoms with Crippen molar-refractivity contribution in [1.82, 2.24) is 0 Å². The first-order valence-electron chi connectivity index (χ1n) is 4.18. The topological polar surface area (TPSA) is 0 Å². The second-order valence-corrected chi connectivity index (χ2v) is 9.86.